The predicted octanol–water partition coefficient (Wildman–Crippen LogP) is 2.25. The maximum atomic E-state index is 11.9. The molecule has 0 saturated heterocycles. The van der Waals surface area contributed by atoms with E-state index in [9.17, 15) is 8.42 Å². The Morgan fingerprint density at radius 2 is 2.12 bits per heavy atom. The molecule has 17 heavy (non-hydrogen) atoms. The molecule has 1 aromatic carbocycles. The van der Waals surface area contributed by atoms with Crippen LogP contribution in [0.1, 0.15) is 20.3 Å². The molecule has 0 radical (unpaired) electrons. The number of rotatable bonds is 5. The van der Waals surface area contributed by atoms with Gasteiger partial charge in [0.05, 0.1) is 5.02 Å². The van der Waals surface area contributed by atoms with E-state index in [2.05, 4.69) is 4.72 Å². The summed E-state index contributed by atoms with van der Waals surface area (Å²) < 4.78 is 26.4. The minimum absolute atomic E-state index is 0.0664. The lowest BCUT2D eigenvalue weighted by Gasteiger charge is -2.12. The maximum Gasteiger partial charge on any atom is 0.242 e. The molecule has 1 atom stereocenters. The molecular weight excluding hydrogens is 260 g/mol. The van der Waals surface area contributed by atoms with Crippen molar-refractivity contribution in [3.8, 4) is 0 Å². The second-order valence-corrected chi connectivity index (χ2v) is 6.20. The Labute approximate surface area is 107 Å². The molecule has 0 spiro atoms. The monoisotopic (exact) mass is 276 g/mol. The van der Waals surface area contributed by atoms with Gasteiger partial charge in [-0.25, -0.2) is 13.1 Å². The van der Waals surface area contributed by atoms with Gasteiger partial charge < -0.3 is 5.73 Å². The maximum absolute atomic E-state index is 11.9. The van der Waals surface area contributed by atoms with Crippen molar-refractivity contribution in [2.24, 2.45) is 5.92 Å². The van der Waals surface area contributed by atoms with Crippen molar-refractivity contribution >= 4 is 27.3 Å². The summed E-state index contributed by atoms with van der Waals surface area (Å²) in [7, 11) is -3.55. The van der Waals surface area contributed by atoms with Crippen molar-refractivity contribution in [1.29, 1.82) is 0 Å². The van der Waals surface area contributed by atoms with Crippen LogP contribution in [0.15, 0.2) is 23.1 Å². The normalized spacial score (nSPS) is 13.6. The zero-order valence-corrected chi connectivity index (χ0v) is 11.5. The van der Waals surface area contributed by atoms with Crippen molar-refractivity contribution in [3.05, 3.63) is 23.2 Å². The molecule has 0 aliphatic carbocycles. The Morgan fingerprint density at radius 3 is 2.65 bits per heavy atom. The molecule has 0 fully saturated rings. The number of nitrogens with one attached hydrogen (secondary N) is 1. The van der Waals surface area contributed by atoms with E-state index >= 15 is 0 Å². The summed E-state index contributed by atoms with van der Waals surface area (Å²) in [6.45, 7) is 4.39. The first-order chi connectivity index (χ1) is 7.86. The van der Waals surface area contributed by atoms with Gasteiger partial charge >= 0.3 is 0 Å². The third-order valence-corrected chi connectivity index (χ3v) is 4.47. The van der Waals surface area contributed by atoms with Gasteiger partial charge in [-0.1, -0.05) is 31.9 Å². The highest BCUT2D eigenvalue weighted by Crippen LogP contribution is 2.23. The third kappa shape index (κ3) is 3.87. The molecule has 0 heterocycles. The Hall–Kier alpha value is -0.780. The fourth-order valence-corrected chi connectivity index (χ4v) is 2.93. The number of hydrogen-bond acceptors (Lipinski definition) is 3. The van der Waals surface area contributed by atoms with Gasteiger partial charge in [0.15, 0.2) is 0 Å². The fraction of sp³-hybridized carbons (Fsp3) is 0.455. The summed E-state index contributed by atoms with van der Waals surface area (Å²) in [5, 5.41) is 0.140. The number of halogens is 1. The van der Waals surface area contributed by atoms with Crippen LogP contribution in [0.2, 0.25) is 5.02 Å². The van der Waals surface area contributed by atoms with Gasteiger partial charge in [0, 0.05) is 12.2 Å². The van der Waals surface area contributed by atoms with Gasteiger partial charge in [0.2, 0.25) is 10.0 Å². The van der Waals surface area contributed by atoms with Crippen molar-refractivity contribution < 1.29 is 8.42 Å². The Balaban J connectivity index is 2.90. The molecule has 0 saturated carbocycles. The van der Waals surface area contributed by atoms with Crippen LogP contribution in [0.3, 0.4) is 0 Å². The molecule has 0 aliphatic rings. The van der Waals surface area contributed by atoms with E-state index in [0.29, 0.717) is 12.2 Å². The minimum Gasteiger partial charge on any atom is -0.399 e. The zero-order valence-electron chi connectivity index (χ0n) is 9.90. The van der Waals surface area contributed by atoms with Crippen molar-refractivity contribution in [1.82, 2.24) is 4.72 Å². The summed E-state index contributed by atoms with van der Waals surface area (Å²) in [5.41, 5.74) is 5.96. The largest absolute Gasteiger partial charge is 0.399 e. The molecule has 4 nitrogen and oxygen atoms in total. The molecule has 6 heteroatoms. The van der Waals surface area contributed by atoms with E-state index in [-0.39, 0.29) is 15.8 Å². The highest BCUT2D eigenvalue weighted by molar-refractivity contribution is 7.89. The van der Waals surface area contributed by atoms with Crippen LogP contribution in [0, 0.1) is 5.92 Å². The van der Waals surface area contributed by atoms with Gasteiger partial charge in [-0.05, 0) is 24.1 Å². The number of anilines is 1. The van der Waals surface area contributed by atoms with E-state index in [4.69, 9.17) is 17.3 Å². The number of hydrogen-bond donors (Lipinski definition) is 2. The SMILES string of the molecule is CCC(C)CNS(=O)(=O)c1ccc(N)cc1Cl. The van der Waals surface area contributed by atoms with Crippen molar-refractivity contribution in [2.45, 2.75) is 25.2 Å². The van der Waals surface area contributed by atoms with E-state index in [1.807, 2.05) is 13.8 Å². The number of nitrogen functional groups attached to an aromatic ring is 1. The van der Waals surface area contributed by atoms with Crippen LogP contribution in [-0.4, -0.2) is 15.0 Å². The highest BCUT2D eigenvalue weighted by atomic mass is 35.5. The molecular formula is C11H17ClN2O2S. The molecule has 0 amide bonds. The molecule has 0 aliphatic heterocycles. The summed E-state index contributed by atoms with van der Waals surface area (Å²) in [5.74, 6) is 0.289. The van der Waals surface area contributed by atoms with Crippen LogP contribution in [0.4, 0.5) is 5.69 Å². The van der Waals surface area contributed by atoms with Crippen LogP contribution in [-0.2, 0) is 10.0 Å². The van der Waals surface area contributed by atoms with Crippen LogP contribution in [0.5, 0.6) is 0 Å². The fourth-order valence-electron chi connectivity index (χ4n) is 1.21. The summed E-state index contributed by atoms with van der Waals surface area (Å²) >= 11 is 5.86. The smallest absolute Gasteiger partial charge is 0.242 e. The van der Waals surface area contributed by atoms with E-state index in [1.54, 1.807) is 0 Å². The van der Waals surface area contributed by atoms with Crippen molar-refractivity contribution in [3.63, 3.8) is 0 Å². The van der Waals surface area contributed by atoms with Gasteiger partial charge in [0.1, 0.15) is 4.90 Å². The minimum atomic E-state index is -3.55. The summed E-state index contributed by atoms with van der Waals surface area (Å²) in [6.07, 6.45) is 0.915. The Morgan fingerprint density at radius 1 is 1.47 bits per heavy atom. The van der Waals surface area contributed by atoms with E-state index < -0.39 is 10.0 Å². The Kier molecular flexibility index (Phi) is 4.80. The lowest BCUT2D eigenvalue weighted by molar-refractivity contribution is 0.528. The lowest BCUT2D eigenvalue weighted by atomic mass is 10.1. The van der Waals surface area contributed by atoms with Gasteiger partial charge in [-0.15, -0.1) is 0 Å². The quantitative estimate of drug-likeness (QED) is 0.810. The molecule has 1 rings (SSSR count). The first kappa shape index (κ1) is 14.3. The molecule has 0 bridgehead atoms. The number of nitrogens with two attached hydrogens (primary N) is 1. The average molecular weight is 277 g/mol. The Bertz CT molecular complexity index is 488. The van der Waals surface area contributed by atoms with E-state index in [1.165, 1.54) is 18.2 Å². The first-order valence-electron chi connectivity index (χ1n) is 5.41. The van der Waals surface area contributed by atoms with Crippen LogP contribution in [0.25, 0.3) is 0 Å². The summed E-state index contributed by atoms with van der Waals surface area (Å²) in [6, 6.07) is 4.36. The third-order valence-electron chi connectivity index (χ3n) is 2.56. The van der Waals surface area contributed by atoms with Gasteiger partial charge in [-0.3, -0.25) is 0 Å². The second-order valence-electron chi connectivity index (χ2n) is 4.06. The number of benzene rings is 1. The summed E-state index contributed by atoms with van der Waals surface area (Å²) in [4.78, 5) is 0.0664. The molecule has 0 aromatic heterocycles. The van der Waals surface area contributed by atoms with Crippen LogP contribution >= 0.6 is 11.6 Å². The van der Waals surface area contributed by atoms with Gasteiger partial charge in [0.25, 0.3) is 0 Å². The van der Waals surface area contributed by atoms with E-state index in [0.717, 1.165) is 6.42 Å². The van der Waals surface area contributed by atoms with Crippen LogP contribution < -0.4 is 10.5 Å². The standard InChI is InChI=1S/C11H17ClN2O2S/c1-3-8(2)7-14-17(15,16)11-5-4-9(13)6-10(11)12/h4-6,8,14H,3,7,13H2,1-2H3. The van der Waals surface area contributed by atoms with Crippen molar-refractivity contribution in [2.75, 3.05) is 12.3 Å². The topological polar surface area (TPSA) is 72.2 Å². The number of sulfonamides is 1. The first-order valence-corrected chi connectivity index (χ1v) is 7.27. The molecule has 96 valence electrons. The molecule has 1 unspecified atom stereocenters. The molecule has 1 aromatic rings. The zero-order chi connectivity index (χ0) is 13.1. The highest BCUT2D eigenvalue weighted by Gasteiger charge is 2.18. The lowest BCUT2D eigenvalue weighted by Crippen LogP contribution is -2.28. The molecule has 3 N–H and O–H groups in total. The van der Waals surface area contributed by atoms with Gasteiger partial charge in [-0.2, -0.15) is 0 Å². The average Bonchev–Trinajstić information content (AvgIpc) is 2.25. The second kappa shape index (κ2) is 5.71. The predicted molar refractivity (Wildman–Crippen MR) is 70.5 cm³/mol.